The first-order valence-electron chi connectivity index (χ1n) is 11.1. The number of imidazole rings is 1. The molecule has 6 nitrogen and oxygen atoms in total. The Kier molecular flexibility index (Phi) is 4.47. The molecule has 0 fully saturated rings. The van der Waals surface area contributed by atoms with Crippen molar-refractivity contribution in [3.63, 3.8) is 0 Å². The third-order valence-corrected chi connectivity index (χ3v) is 6.75. The van der Waals surface area contributed by atoms with E-state index >= 15 is 0 Å². The smallest absolute Gasteiger partial charge is 0.251 e. The Morgan fingerprint density at radius 2 is 1.79 bits per heavy atom. The van der Waals surface area contributed by atoms with Gasteiger partial charge < -0.3 is 19.0 Å². The Morgan fingerprint density at radius 3 is 2.62 bits per heavy atom. The Bertz CT molecular complexity index is 1630. The second-order valence-corrected chi connectivity index (χ2v) is 8.80. The van der Waals surface area contributed by atoms with Gasteiger partial charge in [-0.25, -0.2) is 4.98 Å². The first-order chi connectivity index (χ1) is 16.4. The minimum atomic E-state index is -1.46. The molecule has 6 bridgehead atoms. The van der Waals surface area contributed by atoms with Gasteiger partial charge in [0.15, 0.2) is 5.60 Å². The number of hydrogen-bond acceptors (Lipinski definition) is 4. The van der Waals surface area contributed by atoms with E-state index in [0.29, 0.717) is 29.2 Å². The van der Waals surface area contributed by atoms with Crippen molar-refractivity contribution in [1.82, 2.24) is 14.1 Å². The van der Waals surface area contributed by atoms with Crippen LogP contribution in [0.4, 0.5) is 0 Å². The molecule has 1 atom stereocenters. The van der Waals surface area contributed by atoms with Crippen LogP contribution in [0.25, 0.3) is 22.0 Å². The lowest BCUT2D eigenvalue weighted by atomic mass is 9.82. The van der Waals surface area contributed by atoms with Crippen molar-refractivity contribution in [1.29, 1.82) is 0 Å². The van der Waals surface area contributed by atoms with Gasteiger partial charge in [-0.3, -0.25) is 4.79 Å². The molecule has 1 unspecified atom stereocenters. The zero-order valence-electron chi connectivity index (χ0n) is 18.9. The molecule has 0 amide bonds. The van der Waals surface area contributed by atoms with E-state index in [2.05, 4.69) is 4.98 Å². The second kappa shape index (κ2) is 7.43. The van der Waals surface area contributed by atoms with E-state index in [1.807, 2.05) is 78.3 Å². The van der Waals surface area contributed by atoms with Crippen molar-refractivity contribution in [3.05, 3.63) is 118 Å². The topological polar surface area (TPSA) is 69.3 Å². The number of aliphatic hydroxyl groups is 1. The van der Waals surface area contributed by atoms with Gasteiger partial charge in [-0.05, 0) is 58.1 Å². The minimum absolute atomic E-state index is 0.0977. The largest absolute Gasteiger partial charge is 0.489 e. The SMILES string of the molecule is Cn1cncc1C1(O)c2cccc(c2)COc2cccc(c2)-c2cc(=O)n(C)c3ccc1cc23. The molecule has 168 valence electrons. The quantitative estimate of drug-likeness (QED) is 0.418. The lowest BCUT2D eigenvalue weighted by molar-refractivity contribution is 0.117. The van der Waals surface area contributed by atoms with Crippen LogP contribution in [0.15, 0.2) is 90.1 Å². The molecule has 1 N–H and O–H groups in total. The van der Waals surface area contributed by atoms with Crippen LogP contribution in [-0.2, 0) is 26.3 Å². The zero-order valence-corrected chi connectivity index (χ0v) is 18.9. The fraction of sp³-hybridized carbons (Fsp3) is 0.143. The van der Waals surface area contributed by atoms with Gasteiger partial charge in [0.2, 0.25) is 0 Å². The highest BCUT2D eigenvalue weighted by atomic mass is 16.5. The number of hydrogen-bond donors (Lipinski definition) is 1. The molecule has 34 heavy (non-hydrogen) atoms. The summed E-state index contributed by atoms with van der Waals surface area (Å²) in [5.41, 5.74) is 3.89. The summed E-state index contributed by atoms with van der Waals surface area (Å²) in [5, 5.41) is 13.3. The molecular formula is C28H23N3O3. The van der Waals surface area contributed by atoms with Crippen molar-refractivity contribution in [2.24, 2.45) is 14.1 Å². The number of aryl methyl sites for hydroxylation is 2. The highest BCUT2D eigenvalue weighted by Crippen LogP contribution is 2.40. The Morgan fingerprint density at radius 1 is 0.971 bits per heavy atom. The van der Waals surface area contributed by atoms with Gasteiger partial charge in [-0.2, -0.15) is 0 Å². The molecule has 0 aliphatic carbocycles. The van der Waals surface area contributed by atoms with Gasteiger partial charge in [0, 0.05) is 25.5 Å². The maximum atomic E-state index is 12.8. The summed E-state index contributed by atoms with van der Waals surface area (Å²) < 4.78 is 9.57. The predicted octanol–water partition coefficient (Wildman–Crippen LogP) is 4.12. The molecule has 6 heteroatoms. The molecule has 6 rings (SSSR count). The monoisotopic (exact) mass is 449 g/mol. The molecule has 0 saturated heterocycles. The van der Waals surface area contributed by atoms with Gasteiger partial charge in [0.05, 0.1) is 23.7 Å². The molecule has 1 aliphatic heterocycles. The second-order valence-electron chi connectivity index (χ2n) is 8.80. The fourth-order valence-corrected chi connectivity index (χ4v) is 4.90. The summed E-state index contributed by atoms with van der Waals surface area (Å²) >= 11 is 0. The third kappa shape index (κ3) is 2.99. The van der Waals surface area contributed by atoms with Crippen LogP contribution in [0.3, 0.4) is 0 Å². The van der Waals surface area contributed by atoms with E-state index in [1.54, 1.807) is 30.2 Å². The average molecular weight is 450 g/mol. The summed E-state index contributed by atoms with van der Waals surface area (Å²) in [5.74, 6) is 0.717. The first-order valence-corrected chi connectivity index (χ1v) is 11.1. The van der Waals surface area contributed by atoms with Gasteiger partial charge in [-0.15, -0.1) is 0 Å². The number of aromatic nitrogens is 3. The normalized spacial score (nSPS) is 17.0. The predicted molar refractivity (Wildman–Crippen MR) is 131 cm³/mol. The minimum Gasteiger partial charge on any atom is -0.489 e. The number of pyridine rings is 1. The first kappa shape index (κ1) is 20.4. The highest BCUT2D eigenvalue weighted by molar-refractivity contribution is 5.95. The Hall–Kier alpha value is -4.16. The van der Waals surface area contributed by atoms with Crippen molar-refractivity contribution in [2.45, 2.75) is 12.2 Å². The maximum absolute atomic E-state index is 12.8. The van der Waals surface area contributed by atoms with Crippen LogP contribution in [0.1, 0.15) is 22.4 Å². The molecule has 3 aromatic carbocycles. The van der Waals surface area contributed by atoms with Crippen LogP contribution in [0.2, 0.25) is 0 Å². The van der Waals surface area contributed by atoms with E-state index in [1.165, 1.54) is 0 Å². The van der Waals surface area contributed by atoms with E-state index in [-0.39, 0.29) is 5.56 Å². The number of ether oxygens (including phenoxy) is 1. The lowest BCUT2D eigenvalue weighted by Crippen LogP contribution is -2.31. The summed E-state index contributed by atoms with van der Waals surface area (Å²) in [7, 11) is 3.63. The van der Waals surface area contributed by atoms with Gasteiger partial charge >= 0.3 is 0 Å². The van der Waals surface area contributed by atoms with E-state index in [9.17, 15) is 9.90 Å². The van der Waals surface area contributed by atoms with Gasteiger partial charge in [-0.1, -0.05) is 36.4 Å². The molecule has 2 aromatic heterocycles. The molecular weight excluding hydrogens is 426 g/mol. The summed E-state index contributed by atoms with van der Waals surface area (Å²) in [4.78, 5) is 17.1. The molecule has 0 spiro atoms. The van der Waals surface area contributed by atoms with E-state index in [0.717, 1.165) is 27.6 Å². The molecule has 1 aliphatic rings. The van der Waals surface area contributed by atoms with Crippen LogP contribution in [-0.4, -0.2) is 19.2 Å². The van der Waals surface area contributed by atoms with Crippen LogP contribution < -0.4 is 10.3 Å². The number of rotatable bonds is 1. The van der Waals surface area contributed by atoms with E-state index < -0.39 is 5.60 Å². The Balaban J connectivity index is 1.76. The molecule has 0 radical (unpaired) electrons. The van der Waals surface area contributed by atoms with Crippen LogP contribution in [0, 0.1) is 0 Å². The average Bonchev–Trinajstić information content (AvgIpc) is 3.30. The van der Waals surface area contributed by atoms with E-state index in [4.69, 9.17) is 4.74 Å². The number of nitrogens with zero attached hydrogens (tertiary/aromatic N) is 3. The number of benzene rings is 3. The molecule has 3 heterocycles. The van der Waals surface area contributed by atoms with Crippen LogP contribution in [0.5, 0.6) is 5.75 Å². The summed E-state index contributed by atoms with van der Waals surface area (Å²) in [6.07, 6.45) is 3.37. The molecule has 5 aromatic rings. The summed E-state index contributed by atoms with van der Waals surface area (Å²) in [6.45, 7) is 0.350. The third-order valence-electron chi connectivity index (χ3n) is 6.75. The fourth-order valence-electron chi connectivity index (χ4n) is 4.90. The van der Waals surface area contributed by atoms with Crippen LogP contribution >= 0.6 is 0 Å². The van der Waals surface area contributed by atoms with Gasteiger partial charge in [0.1, 0.15) is 12.4 Å². The van der Waals surface area contributed by atoms with Gasteiger partial charge in [0.25, 0.3) is 5.56 Å². The van der Waals surface area contributed by atoms with Crippen molar-refractivity contribution in [3.8, 4) is 16.9 Å². The standard InChI is InChI=1S/C28H23N3O3/c1-30-17-29-15-26(30)28(33)20-7-3-5-18(11-20)16-34-22-8-4-6-19(12-22)23-14-27(32)31(2)25-10-9-21(28)13-24(23)25/h3-15,17,33H,16H2,1-2H3. The highest BCUT2D eigenvalue weighted by Gasteiger charge is 2.37. The van der Waals surface area contributed by atoms with Crippen molar-refractivity contribution >= 4 is 10.9 Å². The summed E-state index contributed by atoms with van der Waals surface area (Å²) in [6, 6.07) is 23.0. The lowest BCUT2D eigenvalue weighted by Gasteiger charge is -2.30. The van der Waals surface area contributed by atoms with Crippen molar-refractivity contribution in [2.75, 3.05) is 0 Å². The number of fused-ring (bicyclic) bond motifs is 6. The zero-order chi connectivity index (χ0) is 23.4. The molecule has 0 saturated carbocycles. The maximum Gasteiger partial charge on any atom is 0.251 e. The Labute approximate surface area is 196 Å². The van der Waals surface area contributed by atoms with Crippen molar-refractivity contribution < 1.29 is 9.84 Å².